The van der Waals surface area contributed by atoms with E-state index in [1.165, 1.54) is 4.57 Å². The Bertz CT molecular complexity index is 1380. The number of rotatable bonds is 6. The molecule has 1 fully saturated rings. The third kappa shape index (κ3) is 4.66. The van der Waals surface area contributed by atoms with E-state index in [1.807, 2.05) is 72.8 Å². The zero-order valence-corrected chi connectivity index (χ0v) is 20.2. The lowest BCUT2D eigenvalue weighted by Crippen LogP contribution is -2.45. The second-order valence-electron chi connectivity index (χ2n) is 9.18. The quantitative estimate of drug-likeness (QED) is 0.457. The molecular formula is C28H29N5O3. The van der Waals surface area contributed by atoms with Gasteiger partial charge >= 0.3 is 5.69 Å². The van der Waals surface area contributed by atoms with Crippen LogP contribution in [0.2, 0.25) is 0 Å². The van der Waals surface area contributed by atoms with Crippen LogP contribution in [0.5, 0.6) is 0 Å². The highest BCUT2D eigenvalue weighted by atomic mass is 16.2. The Morgan fingerprint density at radius 2 is 1.61 bits per heavy atom. The molecule has 184 valence electrons. The zero-order valence-electron chi connectivity index (χ0n) is 20.2. The smallest absolute Gasteiger partial charge is 0.329 e. The Kier molecular flexibility index (Phi) is 6.66. The van der Waals surface area contributed by atoms with Crippen molar-refractivity contribution in [3.8, 4) is 0 Å². The van der Waals surface area contributed by atoms with Crippen molar-refractivity contribution >= 4 is 22.8 Å². The van der Waals surface area contributed by atoms with E-state index in [4.69, 9.17) is 0 Å². The van der Waals surface area contributed by atoms with Gasteiger partial charge in [0.2, 0.25) is 11.8 Å². The van der Waals surface area contributed by atoms with Crippen LogP contribution in [0, 0.1) is 5.92 Å². The highest BCUT2D eigenvalue weighted by molar-refractivity contribution is 5.82. The predicted molar refractivity (Wildman–Crippen MR) is 137 cm³/mol. The first-order chi connectivity index (χ1) is 17.5. The van der Waals surface area contributed by atoms with E-state index in [-0.39, 0.29) is 36.0 Å². The minimum Gasteiger partial charge on any atom is -0.343 e. The Morgan fingerprint density at radius 3 is 2.31 bits per heavy atom. The first-order valence-corrected chi connectivity index (χ1v) is 12.2. The summed E-state index contributed by atoms with van der Waals surface area (Å²) in [6.45, 7) is 0.957. The molecule has 0 aliphatic carbocycles. The lowest BCUT2D eigenvalue weighted by atomic mass is 9.94. The minimum atomic E-state index is -0.335. The third-order valence-corrected chi connectivity index (χ3v) is 6.97. The predicted octanol–water partition coefficient (Wildman–Crippen LogP) is 2.88. The third-order valence-electron chi connectivity index (χ3n) is 6.97. The molecule has 1 aliphatic heterocycles. The molecule has 36 heavy (non-hydrogen) atoms. The van der Waals surface area contributed by atoms with Crippen LogP contribution in [-0.2, 0) is 23.2 Å². The molecule has 1 N–H and O–H groups in total. The van der Waals surface area contributed by atoms with Crippen LogP contribution in [0.3, 0.4) is 0 Å². The van der Waals surface area contributed by atoms with Crippen molar-refractivity contribution in [1.82, 2.24) is 24.3 Å². The molecule has 8 heteroatoms. The van der Waals surface area contributed by atoms with E-state index in [2.05, 4.69) is 10.3 Å². The zero-order chi connectivity index (χ0) is 25.1. The first-order valence-electron chi connectivity index (χ1n) is 12.2. The molecule has 1 aliphatic rings. The number of carbonyl (C=O) groups is 2. The van der Waals surface area contributed by atoms with Crippen molar-refractivity contribution in [2.75, 3.05) is 13.1 Å². The van der Waals surface area contributed by atoms with E-state index in [0.29, 0.717) is 25.9 Å². The molecule has 1 unspecified atom stereocenters. The number of hydrogen-bond donors (Lipinski definition) is 1. The number of aromatic nitrogens is 3. The monoisotopic (exact) mass is 483 g/mol. The van der Waals surface area contributed by atoms with Gasteiger partial charge in [0.05, 0.1) is 22.8 Å². The molecule has 4 aromatic rings. The van der Waals surface area contributed by atoms with Gasteiger partial charge in [0.25, 0.3) is 0 Å². The topological polar surface area (TPSA) is 89.2 Å². The molecule has 1 saturated heterocycles. The van der Waals surface area contributed by atoms with E-state index >= 15 is 0 Å². The highest BCUT2D eigenvalue weighted by Gasteiger charge is 2.30. The number of amides is 2. The van der Waals surface area contributed by atoms with E-state index < -0.39 is 0 Å². The normalized spacial score (nSPS) is 15.1. The molecule has 0 saturated carbocycles. The average molecular weight is 484 g/mol. The van der Waals surface area contributed by atoms with Crippen molar-refractivity contribution in [2.24, 2.45) is 13.0 Å². The number of nitrogens with one attached hydrogen (secondary N) is 1. The lowest BCUT2D eigenvalue weighted by Gasteiger charge is -2.32. The number of pyridine rings is 1. The summed E-state index contributed by atoms with van der Waals surface area (Å²) in [5.41, 5.74) is 3.09. The fourth-order valence-corrected chi connectivity index (χ4v) is 4.92. The molecule has 5 rings (SSSR count). The van der Waals surface area contributed by atoms with Crippen molar-refractivity contribution < 1.29 is 9.59 Å². The number of carbonyl (C=O) groups excluding carboxylic acids is 2. The summed E-state index contributed by atoms with van der Waals surface area (Å²) in [5.74, 6) is -0.334. The first kappa shape index (κ1) is 23.5. The van der Waals surface area contributed by atoms with E-state index in [1.54, 1.807) is 22.7 Å². The number of likely N-dealkylation sites (tertiary alicyclic amines) is 1. The number of fused-ring (bicyclic) bond motifs is 1. The number of imidazole rings is 1. The Morgan fingerprint density at radius 1 is 0.944 bits per heavy atom. The molecular weight excluding hydrogens is 454 g/mol. The molecule has 8 nitrogen and oxygen atoms in total. The summed E-state index contributed by atoms with van der Waals surface area (Å²) in [4.78, 5) is 45.2. The van der Waals surface area contributed by atoms with Gasteiger partial charge < -0.3 is 10.2 Å². The number of para-hydroxylation sites is 2. The SMILES string of the molecule is Cn1c(=O)n(CC(=O)N2CCC(C(=O)NC(c3ccccc3)c3ccccn3)CC2)c2ccccc21. The summed E-state index contributed by atoms with van der Waals surface area (Å²) in [6.07, 6.45) is 2.88. The lowest BCUT2D eigenvalue weighted by molar-refractivity contribution is -0.136. The molecule has 2 amide bonds. The van der Waals surface area contributed by atoms with Crippen LogP contribution >= 0.6 is 0 Å². The molecule has 2 aromatic heterocycles. The van der Waals surface area contributed by atoms with Crippen LogP contribution < -0.4 is 11.0 Å². The minimum absolute atomic E-state index is 0.00714. The summed E-state index contributed by atoms with van der Waals surface area (Å²) in [5, 5.41) is 3.18. The van der Waals surface area contributed by atoms with Gasteiger partial charge in [0, 0.05) is 32.3 Å². The van der Waals surface area contributed by atoms with Gasteiger partial charge in [-0.2, -0.15) is 0 Å². The Hall–Kier alpha value is -4.20. The van der Waals surface area contributed by atoms with Gasteiger partial charge in [-0.3, -0.25) is 23.7 Å². The maximum absolute atomic E-state index is 13.2. The number of nitrogens with zero attached hydrogens (tertiary/aromatic N) is 4. The Balaban J connectivity index is 1.23. The van der Waals surface area contributed by atoms with Gasteiger partial charge in [0.1, 0.15) is 6.54 Å². The van der Waals surface area contributed by atoms with E-state index in [0.717, 1.165) is 22.3 Å². The van der Waals surface area contributed by atoms with Crippen LogP contribution in [-0.4, -0.2) is 43.9 Å². The van der Waals surface area contributed by atoms with Crippen molar-refractivity contribution in [1.29, 1.82) is 0 Å². The Labute approximate surface area is 209 Å². The van der Waals surface area contributed by atoms with Gasteiger partial charge in [-0.25, -0.2) is 4.79 Å². The summed E-state index contributed by atoms with van der Waals surface area (Å²) in [6, 6.07) is 22.6. The number of hydrogen-bond acceptors (Lipinski definition) is 4. The second kappa shape index (κ2) is 10.2. The van der Waals surface area contributed by atoms with Crippen LogP contribution in [0.15, 0.2) is 83.8 Å². The maximum atomic E-state index is 13.2. The maximum Gasteiger partial charge on any atom is 0.329 e. The largest absolute Gasteiger partial charge is 0.343 e. The fourth-order valence-electron chi connectivity index (χ4n) is 4.92. The standard InChI is InChI=1S/C28H29N5O3/c1-31-23-12-5-6-13-24(23)33(28(31)36)19-25(34)32-17-14-21(15-18-32)27(35)30-26(20-9-3-2-4-10-20)22-11-7-8-16-29-22/h2-13,16,21,26H,14-15,17-19H2,1H3,(H,30,35). The van der Waals surface area contributed by atoms with Crippen molar-refractivity contribution in [3.05, 3.63) is 101 Å². The number of benzene rings is 2. The van der Waals surface area contributed by atoms with Gasteiger partial charge in [0.15, 0.2) is 0 Å². The summed E-state index contributed by atoms with van der Waals surface area (Å²) >= 11 is 0. The van der Waals surface area contributed by atoms with Crippen LogP contribution in [0.4, 0.5) is 0 Å². The van der Waals surface area contributed by atoms with Crippen molar-refractivity contribution in [3.63, 3.8) is 0 Å². The van der Waals surface area contributed by atoms with E-state index in [9.17, 15) is 14.4 Å². The number of aryl methyl sites for hydroxylation is 1. The van der Waals surface area contributed by atoms with Crippen LogP contribution in [0.1, 0.15) is 30.1 Å². The van der Waals surface area contributed by atoms with Gasteiger partial charge in [-0.15, -0.1) is 0 Å². The van der Waals surface area contributed by atoms with Crippen LogP contribution in [0.25, 0.3) is 11.0 Å². The average Bonchev–Trinajstić information content (AvgIpc) is 3.17. The van der Waals surface area contributed by atoms with Crippen molar-refractivity contribution in [2.45, 2.75) is 25.4 Å². The van der Waals surface area contributed by atoms with Gasteiger partial charge in [-0.1, -0.05) is 48.5 Å². The molecule has 2 aromatic carbocycles. The summed E-state index contributed by atoms with van der Waals surface area (Å²) < 4.78 is 3.08. The summed E-state index contributed by atoms with van der Waals surface area (Å²) in [7, 11) is 1.71. The molecule has 1 atom stereocenters. The molecule has 0 radical (unpaired) electrons. The molecule has 0 bridgehead atoms. The molecule has 3 heterocycles. The molecule has 0 spiro atoms. The van der Waals surface area contributed by atoms with Gasteiger partial charge in [-0.05, 0) is 42.7 Å². The highest BCUT2D eigenvalue weighted by Crippen LogP contribution is 2.24. The number of piperidine rings is 1. The second-order valence-corrected chi connectivity index (χ2v) is 9.18. The fraction of sp³-hybridized carbons (Fsp3) is 0.286.